The molecule has 1 fully saturated rings. The Balaban J connectivity index is 1.35. The molecule has 7 nitrogen and oxygen atoms in total. The third-order valence-corrected chi connectivity index (χ3v) is 6.97. The van der Waals surface area contributed by atoms with E-state index in [1.165, 1.54) is 10.6 Å². The molecule has 0 saturated carbocycles. The highest BCUT2D eigenvalue weighted by Crippen LogP contribution is 2.21. The number of nitrogens with one attached hydrogen (secondary N) is 2. The topological polar surface area (TPSA) is 81.8 Å². The number of hydrogen-bond donors (Lipinski definition) is 2. The van der Waals surface area contributed by atoms with E-state index in [0.29, 0.717) is 31.7 Å². The van der Waals surface area contributed by atoms with Gasteiger partial charge in [-0.2, -0.15) is 4.31 Å². The number of sulfonamides is 1. The van der Waals surface area contributed by atoms with Gasteiger partial charge in [-0.3, -0.25) is 10.1 Å². The highest BCUT2D eigenvalue weighted by atomic mass is 32.2. The number of carbonyl (C=O) groups is 1. The maximum absolute atomic E-state index is 12.7. The SMILES string of the molecule is CS(=O)(=O)N1CCN(c2ccc(NC(=S)NC(=O)c3cccc4ccccc34)cc2)CC1. The summed E-state index contributed by atoms with van der Waals surface area (Å²) in [6, 6.07) is 21.0. The predicted octanol–water partition coefficient (Wildman–Crippen LogP) is 3.05. The quantitative estimate of drug-likeness (QED) is 0.573. The molecule has 3 aromatic carbocycles. The molecular weight excluding hydrogens is 444 g/mol. The lowest BCUT2D eigenvalue weighted by molar-refractivity contribution is 0.0979. The number of fused-ring (bicyclic) bond motifs is 1. The molecular formula is C23H24N4O3S2. The van der Waals surface area contributed by atoms with Crippen LogP contribution in [0, 0.1) is 0 Å². The summed E-state index contributed by atoms with van der Waals surface area (Å²) in [6.07, 6.45) is 1.24. The van der Waals surface area contributed by atoms with Crippen LogP contribution in [0.25, 0.3) is 10.8 Å². The zero-order valence-electron chi connectivity index (χ0n) is 17.6. The van der Waals surface area contributed by atoms with E-state index in [-0.39, 0.29) is 11.0 Å². The van der Waals surface area contributed by atoms with Gasteiger partial charge in [-0.25, -0.2) is 8.42 Å². The van der Waals surface area contributed by atoms with Gasteiger partial charge in [0.15, 0.2) is 5.11 Å². The zero-order chi connectivity index (χ0) is 22.7. The van der Waals surface area contributed by atoms with Gasteiger partial charge in [0.05, 0.1) is 6.26 Å². The number of anilines is 2. The molecule has 0 aliphatic carbocycles. The van der Waals surface area contributed by atoms with E-state index in [2.05, 4.69) is 15.5 Å². The fraction of sp³-hybridized carbons (Fsp3) is 0.217. The van der Waals surface area contributed by atoms with Gasteiger partial charge >= 0.3 is 0 Å². The third-order valence-electron chi connectivity index (χ3n) is 5.46. The van der Waals surface area contributed by atoms with Crippen LogP contribution < -0.4 is 15.5 Å². The molecule has 1 heterocycles. The first-order chi connectivity index (χ1) is 15.3. The lowest BCUT2D eigenvalue weighted by atomic mass is 10.0. The summed E-state index contributed by atoms with van der Waals surface area (Å²) < 4.78 is 24.8. The van der Waals surface area contributed by atoms with Crippen molar-refractivity contribution >= 4 is 55.4 Å². The van der Waals surface area contributed by atoms with Gasteiger partial charge in [-0.05, 0) is 53.3 Å². The first-order valence-corrected chi connectivity index (χ1v) is 12.5. The van der Waals surface area contributed by atoms with E-state index in [0.717, 1.165) is 22.1 Å². The molecule has 4 rings (SSSR count). The van der Waals surface area contributed by atoms with Gasteiger partial charge in [0.2, 0.25) is 10.0 Å². The number of hydrogen-bond acceptors (Lipinski definition) is 5. The van der Waals surface area contributed by atoms with Crippen molar-refractivity contribution in [3.63, 3.8) is 0 Å². The van der Waals surface area contributed by atoms with Gasteiger partial charge < -0.3 is 10.2 Å². The number of piperazine rings is 1. The minimum Gasteiger partial charge on any atom is -0.369 e. The molecule has 2 N–H and O–H groups in total. The van der Waals surface area contributed by atoms with Crippen molar-refractivity contribution in [2.75, 3.05) is 42.7 Å². The molecule has 0 bridgehead atoms. The summed E-state index contributed by atoms with van der Waals surface area (Å²) in [6.45, 7) is 2.23. The Morgan fingerprint density at radius 1 is 0.906 bits per heavy atom. The number of benzene rings is 3. The minimum atomic E-state index is -3.15. The Bertz CT molecular complexity index is 1250. The largest absolute Gasteiger partial charge is 0.369 e. The van der Waals surface area contributed by atoms with Gasteiger partial charge in [-0.15, -0.1) is 0 Å². The fourth-order valence-electron chi connectivity index (χ4n) is 3.79. The Hall–Kier alpha value is -3.01. The fourth-order valence-corrected chi connectivity index (χ4v) is 4.83. The van der Waals surface area contributed by atoms with Crippen LogP contribution in [0.1, 0.15) is 10.4 Å². The molecule has 9 heteroatoms. The Morgan fingerprint density at radius 3 is 2.25 bits per heavy atom. The molecule has 1 aliphatic rings. The molecule has 3 aromatic rings. The Labute approximate surface area is 193 Å². The number of carbonyl (C=O) groups excluding carboxylic acids is 1. The van der Waals surface area contributed by atoms with Crippen molar-refractivity contribution in [1.29, 1.82) is 0 Å². The van der Waals surface area contributed by atoms with Crippen molar-refractivity contribution in [3.05, 3.63) is 72.3 Å². The van der Waals surface area contributed by atoms with Crippen molar-refractivity contribution < 1.29 is 13.2 Å². The van der Waals surface area contributed by atoms with E-state index in [4.69, 9.17) is 12.2 Å². The maximum Gasteiger partial charge on any atom is 0.258 e. The second-order valence-electron chi connectivity index (χ2n) is 7.63. The van der Waals surface area contributed by atoms with Crippen LogP contribution in [-0.2, 0) is 10.0 Å². The number of thiocarbonyl (C=S) groups is 1. The summed E-state index contributed by atoms with van der Waals surface area (Å²) in [7, 11) is -3.15. The van der Waals surface area contributed by atoms with Crippen LogP contribution in [0.5, 0.6) is 0 Å². The molecule has 0 atom stereocenters. The Morgan fingerprint density at radius 2 is 1.56 bits per heavy atom. The first-order valence-electron chi connectivity index (χ1n) is 10.2. The maximum atomic E-state index is 12.7. The van der Waals surface area contributed by atoms with Crippen molar-refractivity contribution in [1.82, 2.24) is 9.62 Å². The lowest BCUT2D eigenvalue weighted by Crippen LogP contribution is -2.48. The smallest absolute Gasteiger partial charge is 0.258 e. The highest BCUT2D eigenvalue weighted by molar-refractivity contribution is 7.88. The Kier molecular flexibility index (Phi) is 6.40. The summed E-state index contributed by atoms with van der Waals surface area (Å²) in [5.41, 5.74) is 2.33. The number of nitrogens with zero attached hydrogens (tertiary/aromatic N) is 2. The molecule has 166 valence electrons. The normalized spacial score (nSPS) is 14.8. The minimum absolute atomic E-state index is 0.220. The van der Waals surface area contributed by atoms with E-state index in [1.54, 1.807) is 6.07 Å². The monoisotopic (exact) mass is 468 g/mol. The lowest BCUT2D eigenvalue weighted by Gasteiger charge is -2.34. The summed E-state index contributed by atoms with van der Waals surface area (Å²) in [4.78, 5) is 14.9. The predicted molar refractivity (Wildman–Crippen MR) is 133 cm³/mol. The second kappa shape index (κ2) is 9.23. The first kappa shape index (κ1) is 22.2. The van der Waals surface area contributed by atoms with Crippen molar-refractivity contribution in [3.8, 4) is 0 Å². The van der Waals surface area contributed by atoms with Crippen LogP contribution in [0.4, 0.5) is 11.4 Å². The van der Waals surface area contributed by atoms with E-state index < -0.39 is 10.0 Å². The summed E-state index contributed by atoms with van der Waals surface area (Å²) in [5.74, 6) is -0.264. The second-order valence-corrected chi connectivity index (χ2v) is 10.0. The molecule has 1 saturated heterocycles. The van der Waals surface area contributed by atoms with Gasteiger partial charge in [0.1, 0.15) is 0 Å². The number of rotatable bonds is 4. The van der Waals surface area contributed by atoms with Crippen molar-refractivity contribution in [2.24, 2.45) is 0 Å². The molecule has 0 spiro atoms. The molecule has 0 radical (unpaired) electrons. The van der Waals surface area contributed by atoms with Crippen LogP contribution in [-0.4, -0.2) is 56.2 Å². The average Bonchev–Trinajstić information content (AvgIpc) is 2.78. The average molecular weight is 469 g/mol. The van der Waals surface area contributed by atoms with Crippen molar-refractivity contribution in [2.45, 2.75) is 0 Å². The summed E-state index contributed by atoms with van der Waals surface area (Å²) >= 11 is 5.32. The van der Waals surface area contributed by atoms with E-state index in [9.17, 15) is 13.2 Å². The standard InChI is InChI=1S/C23H24N4O3S2/c1-32(29,30)27-15-13-26(14-16-27)19-11-9-18(10-12-19)24-23(31)25-22(28)21-8-4-6-17-5-2-3-7-20(17)21/h2-12H,13-16H2,1H3,(H2,24,25,28,31). The van der Waals surface area contributed by atoms with Crippen LogP contribution >= 0.6 is 12.2 Å². The summed E-state index contributed by atoms with van der Waals surface area (Å²) in [5, 5.41) is 7.87. The van der Waals surface area contributed by atoms with Gasteiger partial charge in [-0.1, -0.05) is 36.4 Å². The molecule has 1 amide bonds. The van der Waals surface area contributed by atoms with Crippen LogP contribution in [0.3, 0.4) is 0 Å². The molecule has 1 aliphatic heterocycles. The third kappa shape index (κ3) is 5.07. The molecule has 32 heavy (non-hydrogen) atoms. The van der Waals surface area contributed by atoms with E-state index >= 15 is 0 Å². The van der Waals surface area contributed by atoms with Crippen LogP contribution in [0.2, 0.25) is 0 Å². The number of amides is 1. The zero-order valence-corrected chi connectivity index (χ0v) is 19.2. The molecule has 0 aromatic heterocycles. The highest BCUT2D eigenvalue weighted by Gasteiger charge is 2.23. The van der Waals surface area contributed by atoms with Crippen LogP contribution in [0.15, 0.2) is 66.7 Å². The van der Waals surface area contributed by atoms with E-state index in [1.807, 2.05) is 60.7 Å². The van der Waals surface area contributed by atoms with Gasteiger partial charge in [0, 0.05) is 43.1 Å². The molecule has 0 unspecified atom stereocenters. The van der Waals surface area contributed by atoms with Gasteiger partial charge in [0.25, 0.3) is 5.91 Å².